The van der Waals surface area contributed by atoms with Crippen molar-refractivity contribution in [3.8, 4) is 0 Å². The molecule has 0 aliphatic rings. The highest BCUT2D eigenvalue weighted by molar-refractivity contribution is 9.09. The molecule has 1 atom stereocenters. The van der Waals surface area contributed by atoms with E-state index in [2.05, 4.69) is 20.9 Å². The molecule has 0 radical (unpaired) electrons. The standard InChI is InChI=1S/C14H13BrFN/c1-10-8-12(16)2-3-13(10)14(15)9-11-4-6-17-7-5-11/h2-8,14H,9H2,1H3. The molecular weight excluding hydrogens is 281 g/mol. The van der Waals surface area contributed by atoms with E-state index in [1.165, 1.54) is 11.6 Å². The number of nitrogens with zero attached hydrogens (tertiary/aromatic N) is 1. The van der Waals surface area contributed by atoms with E-state index in [1.54, 1.807) is 18.5 Å². The first-order valence-electron chi connectivity index (χ1n) is 5.46. The molecule has 0 N–H and O–H groups in total. The van der Waals surface area contributed by atoms with Gasteiger partial charge in [-0.25, -0.2) is 4.39 Å². The second kappa shape index (κ2) is 5.41. The first-order valence-corrected chi connectivity index (χ1v) is 6.37. The maximum Gasteiger partial charge on any atom is 0.123 e. The third kappa shape index (κ3) is 3.13. The van der Waals surface area contributed by atoms with Gasteiger partial charge in [-0.1, -0.05) is 22.0 Å². The van der Waals surface area contributed by atoms with Crippen LogP contribution in [0.3, 0.4) is 0 Å². The van der Waals surface area contributed by atoms with E-state index in [9.17, 15) is 4.39 Å². The maximum atomic E-state index is 13.0. The van der Waals surface area contributed by atoms with Crippen molar-refractivity contribution in [1.82, 2.24) is 4.98 Å². The Labute approximate surface area is 109 Å². The molecule has 0 fully saturated rings. The van der Waals surface area contributed by atoms with Gasteiger partial charge in [0.15, 0.2) is 0 Å². The van der Waals surface area contributed by atoms with Crippen LogP contribution in [0, 0.1) is 12.7 Å². The molecule has 2 rings (SSSR count). The molecule has 3 heteroatoms. The smallest absolute Gasteiger partial charge is 0.123 e. The van der Waals surface area contributed by atoms with Crippen LogP contribution in [0.4, 0.5) is 4.39 Å². The summed E-state index contributed by atoms with van der Waals surface area (Å²) in [4.78, 5) is 4.19. The molecule has 1 aromatic heterocycles. The van der Waals surface area contributed by atoms with Crippen LogP contribution in [0.25, 0.3) is 0 Å². The molecule has 17 heavy (non-hydrogen) atoms. The topological polar surface area (TPSA) is 12.9 Å². The zero-order chi connectivity index (χ0) is 12.3. The van der Waals surface area contributed by atoms with Crippen molar-refractivity contribution in [2.75, 3.05) is 0 Å². The Hall–Kier alpha value is -1.22. The van der Waals surface area contributed by atoms with Crippen LogP contribution < -0.4 is 0 Å². The molecule has 88 valence electrons. The first-order chi connectivity index (χ1) is 8.16. The van der Waals surface area contributed by atoms with Crippen LogP contribution >= 0.6 is 15.9 Å². The third-order valence-electron chi connectivity index (χ3n) is 2.73. The fourth-order valence-corrected chi connectivity index (χ4v) is 2.71. The molecule has 0 saturated heterocycles. The lowest BCUT2D eigenvalue weighted by Gasteiger charge is -2.13. The highest BCUT2D eigenvalue weighted by Crippen LogP contribution is 2.29. The van der Waals surface area contributed by atoms with E-state index in [4.69, 9.17) is 0 Å². The van der Waals surface area contributed by atoms with E-state index in [0.717, 1.165) is 17.5 Å². The molecule has 0 aliphatic carbocycles. The van der Waals surface area contributed by atoms with E-state index in [0.29, 0.717) is 0 Å². The third-order valence-corrected chi connectivity index (χ3v) is 3.55. The minimum Gasteiger partial charge on any atom is -0.265 e. The minimum atomic E-state index is -0.185. The van der Waals surface area contributed by atoms with Crippen molar-refractivity contribution in [1.29, 1.82) is 0 Å². The monoisotopic (exact) mass is 293 g/mol. The average molecular weight is 294 g/mol. The van der Waals surface area contributed by atoms with Crippen LogP contribution in [0.15, 0.2) is 42.7 Å². The second-order valence-electron chi connectivity index (χ2n) is 4.03. The summed E-state index contributed by atoms with van der Waals surface area (Å²) < 4.78 is 13.0. The molecule has 0 bridgehead atoms. The summed E-state index contributed by atoms with van der Waals surface area (Å²) in [7, 11) is 0. The summed E-state index contributed by atoms with van der Waals surface area (Å²) >= 11 is 3.66. The lowest BCUT2D eigenvalue weighted by atomic mass is 10.0. The van der Waals surface area contributed by atoms with Gasteiger partial charge in [-0.2, -0.15) is 0 Å². The molecule has 2 aromatic rings. The number of halogens is 2. The highest BCUT2D eigenvalue weighted by atomic mass is 79.9. The van der Waals surface area contributed by atoms with Crippen LogP contribution in [-0.2, 0) is 6.42 Å². The molecule has 1 heterocycles. The lowest BCUT2D eigenvalue weighted by Crippen LogP contribution is -1.98. The van der Waals surface area contributed by atoms with Gasteiger partial charge in [0, 0.05) is 17.2 Å². The first kappa shape index (κ1) is 12.2. The van der Waals surface area contributed by atoms with Gasteiger partial charge in [0.05, 0.1) is 0 Å². The molecule has 1 aromatic carbocycles. The Bertz CT molecular complexity index is 499. The van der Waals surface area contributed by atoms with Crippen molar-refractivity contribution < 1.29 is 4.39 Å². The van der Waals surface area contributed by atoms with E-state index in [-0.39, 0.29) is 10.6 Å². The van der Waals surface area contributed by atoms with Crippen molar-refractivity contribution in [3.05, 3.63) is 65.2 Å². The normalized spacial score (nSPS) is 12.4. The maximum absolute atomic E-state index is 13.0. The highest BCUT2D eigenvalue weighted by Gasteiger charge is 2.11. The van der Waals surface area contributed by atoms with E-state index >= 15 is 0 Å². The Morgan fingerprint density at radius 2 is 1.94 bits per heavy atom. The average Bonchev–Trinajstić information content (AvgIpc) is 2.30. The Kier molecular flexibility index (Phi) is 3.89. The zero-order valence-electron chi connectivity index (χ0n) is 9.53. The molecule has 0 spiro atoms. The number of aryl methyl sites for hydroxylation is 1. The van der Waals surface area contributed by atoms with Crippen LogP contribution in [0.5, 0.6) is 0 Å². The van der Waals surface area contributed by atoms with E-state index < -0.39 is 0 Å². The van der Waals surface area contributed by atoms with Gasteiger partial charge in [0.2, 0.25) is 0 Å². The fraction of sp³-hybridized carbons (Fsp3) is 0.214. The second-order valence-corrected chi connectivity index (χ2v) is 5.13. The number of aromatic nitrogens is 1. The quantitative estimate of drug-likeness (QED) is 0.773. The lowest BCUT2D eigenvalue weighted by molar-refractivity contribution is 0.625. The number of alkyl halides is 1. The molecule has 0 aliphatic heterocycles. The number of rotatable bonds is 3. The Morgan fingerprint density at radius 3 is 2.59 bits per heavy atom. The van der Waals surface area contributed by atoms with Gasteiger partial charge < -0.3 is 0 Å². The van der Waals surface area contributed by atoms with Gasteiger partial charge in [0.25, 0.3) is 0 Å². The molecule has 1 unspecified atom stereocenters. The molecule has 0 saturated carbocycles. The summed E-state index contributed by atoms with van der Waals surface area (Å²) in [6.45, 7) is 1.93. The van der Waals surface area contributed by atoms with E-state index in [1.807, 2.05) is 25.1 Å². The number of pyridine rings is 1. The van der Waals surface area contributed by atoms with Gasteiger partial charge in [-0.15, -0.1) is 0 Å². The van der Waals surface area contributed by atoms with Crippen molar-refractivity contribution in [2.45, 2.75) is 18.2 Å². The van der Waals surface area contributed by atoms with Gasteiger partial charge in [-0.3, -0.25) is 4.98 Å². The molecule has 0 amide bonds. The number of hydrogen-bond donors (Lipinski definition) is 0. The largest absolute Gasteiger partial charge is 0.265 e. The Morgan fingerprint density at radius 1 is 1.24 bits per heavy atom. The summed E-state index contributed by atoms with van der Waals surface area (Å²) in [6.07, 6.45) is 4.44. The predicted molar refractivity (Wildman–Crippen MR) is 70.7 cm³/mol. The minimum absolute atomic E-state index is 0.185. The predicted octanol–water partition coefficient (Wildman–Crippen LogP) is 4.21. The summed E-state index contributed by atoms with van der Waals surface area (Å²) in [5.41, 5.74) is 3.31. The van der Waals surface area contributed by atoms with Crippen LogP contribution in [-0.4, -0.2) is 4.98 Å². The summed E-state index contributed by atoms with van der Waals surface area (Å²) in [5.74, 6) is -0.185. The molecular formula is C14H13BrFN. The zero-order valence-corrected chi connectivity index (χ0v) is 11.1. The van der Waals surface area contributed by atoms with Crippen LogP contribution in [0.2, 0.25) is 0 Å². The number of benzene rings is 1. The van der Waals surface area contributed by atoms with Crippen LogP contribution in [0.1, 0.15) is 21.5 Å². The van der Waals surface area contributed by atoms with Crippen molar-refractivity contribution >= 4 is 15.9 Å². The van der Waals surface area contributed by atoms with Gasteiger partial charge in [-0.05, 0) is 54.3 Å². The summed E-state index contributed by atoms with van der Waals surface area (Å²) in [5, 5.41) is 0. The fourth-order valence-electron chi connectivity index (χ4n) is 1.83. The number of hydrogen-bond acceptors (Lipinski definition) is 1. The molecule has 1 nitrogen and oxygen atoms in total. The SMILES string of the molecule is Cc1cc(F)ccc1C(Br)Cc1ccncc1. The van der Waals surface area contributed by atoms with Crippen molar-refractivity contribution in [2.24, 2.45) is 0 Å². The van der Waals surface area contributed by atoms with Gasteiger partial charge >= 0.3 is 0 Å². The summed E-state index contributed by atoms with van der Waals surface area (Å²) in [6, 6.07) is 8.89. The van der Waals surface area contributed by atoms with Crippen molar-refractivity contribution in [3.63, 3.8) is 0 Å². The van der Waals surface area contributed by atoms with Gasteiger partial charge in [0.1, 0.15) is 5.82 Å². The Balaban J connectivity index is 2.17.